The molecule has 4 heterocycles. The molecule has 0 aromatic carbocycles. The van der Waals surface area contributed by atoms with Gasteiger partial charge in [-0.3, -0.25) is 14.8 Å². The van der Waals surface area contributed by atoms with Gasteiger partial charge in [0.15, 0.2) is 5.82 Å². The molecule has 0 spiro atoms. The summed E-state index contributed by atoms with van der Waals surface area (Å²) in [7, 11) is 1.92. The molecule has 2 fully saturated rings. The third kappa shape index (κ3) is 5.46. The summed E-state index contributed by atoms with van der Waals surface area (Å²) >= 11 is 0. The molecule has 11 heteroatoms. The van der Waals surface area contributed by atoms with Crippen molar-refractivity contribution in [1.82, 2.24) is 30.3 Å². The van der Waals surface area contributed by atoms with Crippen molar-refractivity contribution >= 4 is 28.5 Å². The lowest BCUT2D eigenvalue weighted by atomic mass is 10.0. The monoisotopic (exact) mass is 497 g/mol. The number of nitrogens with zero attached hydrogens (tertiary/aromatic N) is 4. The number of H-pyrrole nitrogens is 1. The number of fused-ring (bicyclic) bond motifs is 1. The van der Waals surface area contributed by atoms with Crippen LogP contribution in [0, 0.1) is 0 Å². The zero-order valence-corrected chi connectivity index (χ0v) is 21.1. The molecule has 3 N–H and O–H groups in total. The van der Waals surface area contributed by atoms with Crippen molar-refractivity contribution in [2.75, 3.05) is 18.5 Å². The SMILES string of the molecule is CCC(C)NC(=O)O[C@@H]1CC[C@H](c2cc(Nc3cncc4c(COC5CCOC5)nn(C)c34)n[nH]2)C1. The zero-order chi connectivity index (χ0) is 25.1. The summed E-state index contributed by atoms with van der Waals surface area (Å²) in [5, 5.41) is 19.5. The number of aromatic nitrogens is 5. The number of carbonyl (C=O) groups is 1. The fourth-order valence-corrected chi connectivity index (χ4v) is 4.90. The van der Waals surface area contributed by atoms with E-state index >= 15 is 0 Å². The number of rotatable bonds is 9. The van der Waals surface area contributed by atoms with Gasteiger partial charge in [-0.2, -0.15) is 10.2 Å². The Morgan fingerprint density at radius 1 is 1.31 bits per heavy atom. The number of aryl methyl sites for hydroxylation is 1. The fourth-order valence-electron chi connectivity index (χ4n) is 4.90. The van der Waals surface area contributed by atoms with Crippen LogP contribution in [-0.2, 0) is 27.9 Å². The summed E-state index contributed by atoms with van der Waals surface area (Å²) in [6.07, 6.45) is 7.66. The minimum atomic E-state index is -0.333. The van der Waals surface area contributed by atoms with Crippen molar-refractivity contribution < 1.29 is 19.0 Å². The lowest BCUT2D eigenvalue weighted by Gasteiger charge is -2.16. The van der Waals surface area contributed by atoms with Gasteiger partial charge >= 0.3 is 6.09 Å². The van der Waals surface area contributed by atoms with Crippen molar-refractivity contribution in [1.29, 1.82) is 0 Å². The van der Waals surface area contributed by atoms with Crippen LogP contribution in [0.15, 0.2) is 18.5 Å². The number of anilines is 2. The number of ether oxygens (including phenoxy) is 3. The number of nitrogens with one attached hydrogen (secondary N) is 3. The molecule has 1 aliphatic carbocycles. The van der Waals surface area contributed by atoms with Gasteiger partial charge in [-0.05, 0) is 39.0 Å². The maximum absolute atomic E-state index is 12.1. The third-order valence-electron chi connectivity index (χ3n) is 7.10. The van der Waals surface area contributed by atoms with Gasteiger partial charge in [-0.1, -0.05) is 6.92 Å². The van der Waals surface area contributed by atoms with E-state index in [-0.39, 0.29) is 30.3 Å². The highest BCUT2D eigenvalue weighted by Crippen LogP contribution is 2.36. The van der Waals surface area contributed by atoms with Crippen LogP contribution in [0.25, 0.3) is 10.9 Å². The summed E-state index contributed by atoms with van der Waals surface area (Å²) in [6.45, 7) is 5.81. The van der Waals surface area contributed by atoms with E-state index in [0.29, 0.717) is 19.0 Å². The van der Waals surface area contributed by atoms with Gasteiger partial charge < -0.3 is 24.8 Å². The Morgan fingerprint density at radius 3 is 3.00 bits per heavy atom. The first-order chi connectivity index (χ1) is 17.5. The molecule has 1 saturated heterocycles. The second kappa shape index (κ2) is 10.8. The number of hydrogen-bond acceptors (Lipinski definition) is 8. The van der Waals surface area contributed by atoms with Crippen LogP contribution < -0.4 is 10.6 Å². The van der Waals surface area contributed by atoms with Gasteiger partial charge in [-0.15, -0.1) is 0 Å². The molecule has 11 nitrogen and oxygen atoms in total. The van der Waals surface area contributed by atoms with Crippen molar-refractivity contribution in [3.05, 3.63) is 29.8 Å². The van der Waals surface area contributed by atoms with Gasteiger partial charge in [0.25, 0.3) is 0 Å². The van der Waals surface area contributed by atoms with E-state index in [2.05, 4.69) is 30.9 Å². The van der Waals surface area contributed by atoms with Gasteiger partial charge in [0.2, 0.25) is 0 Å². The first-order valence-corrected chi connectivity index (χ1v) is 12.8. The van der Waals surface area contributed by atoms with Crippen LogP contribution >= 0.6 is 0 Å². The van der Waals surface area contributed by atoms with E-state index in [0.717, 1.165) is 66.7 Å². The lowest BCUT2D eigenvalue weighted by Crippen LogP contribution is -2.34. The molecule has 194 valence electrons. The number of carbonyl (C=O) groups excluding carboxylic acids is 1. The van der Waals surface area contributed by atoms with Crippen LogP contribution in [0.3, 0.4) is 0 Å². The molecule has 0 radical (unpaired) electrons. The predicted molar refractivity (Wildman–Crippen MR) is 134 cm³/mol. The molecule has 2 aliphatic rings. The Balaban J connectivity index is 1.22. The van der Waals surface area contributed by atoms with Crippen molar-refractivity contribution in [3.8, 4) is 0 Å². The number of aromatic amines is 1. The molecule has 1 saturated carbocycles. The molecular weight excluding hydrogens is 462 g/mol. The van der Waals surface area contributed by atoms with E-state index in [9.17, 15) is 4.79 Å². The highest BCUT2D eigenvalue weighted by atomic mass is 16.6. The smallest absolute Gasteiger partial charge is 0.407 e. The Kier molecular flexibility index (Phi) is 7.38. The molecule has 4 atom stereocenters. The second-order valence-electron chi connectivity index (χ2n) is 9.77. The fraction of sp³-hybridized carbons (Fsp3) is 0.600. The standard InChI is InChI=1S/C25H35N7O4/c1-4-15(2)27-25(33)36-17-6-5-16(9-17)20-10-23(30-29-20)28-21-12-26-11-19-22(31-32(3)24(19)21)14-35-18-7-8-34-13-18/h10-12,15-18H,4-9,13-14H2,1-3H3,(H,27,33)(H2,28,29,30)/t15?,16-,17+,18?/m0/s1. The Labute approximate surface area is 210 Å². The molecule has 1 aliphatic heterocycles. The maximum atomic E-state index is 12.1. The molecule has 1 amide bonds. The van der Waals surface area contributed by atoms with Crippen LogP contribution in [0.5, 0.6) is 0 Å². The number of alkyl carbamates (subject to hydrolysis) is 1. The quantitative estimate of drug-likeness (QED) is 0.406. The summed E-state index contributed by atoms with van der Waals surface area (Å²) < 4.78 is 18.8. The van der Waals surface area contributed by atoms with Crippen LogP contribution in [-0.4, -0.2) is 62.5 Å². The Bertz CT molecular complexity index is 1190. The highest BCUT2D eigenvalue weighted by molar-refractivity contribution is 5.93. The predicted octanol–water partition coefficient (Wildman–Crippen LogP) is 3.90. The maximum Gasteiger partial charge on any atom is 0.407 e. The minimum absolute atomic E-state index is 0.0809. The summed E-state index contributed by atoms with van der Waals surface area (Å²) in [4.78, 5) is 16.5. The van der Waals surface area contributed by atoms with E-state index in [4.69, 9.17) is 14.2 Å². The normalized spacial score (nSPS) is 22.7. The van der Waals surface area contributed by atoms with Crippen LogP contribution in [0.2, 0.25) is 0 Å². The average Bonchev–Trinajstić information content (AvgIpc) is 3.66. The Hall–Kier alpha value is -3.18. The van der Waals surface area contributed by atoms with Crippen LogP contribution in [0.4, 0.5) is 16.3 Å². The molecule has 2 unspecified atom stereocenters. The van der Waals surface area contributed by atoms with Gasteiger partial charge in [0.05, 0.1) is 42.4 Å². The van der Waals surface area contributed by atoms with Crippen molar-refractivity contribution in [3.63, 3.8) is 0 Å². The molecule has 36 heavy (non-hydrogen) atoms. The van der Waals surface area contributed by atoms with E-state index in [1.54, 1.807) is 6.20 Å². The summed E-state index contributed by atoms with van der Waals surface area (Å²) in [6, 6.07) is 2.13. The first kappa shape index (κ1) is 24.5. The van der Waals surface area contributed by atoms with Crippen molar-refractivity contribution in [2.24, 2.45) is 7.05 Å². The summed E-state index contributed by atoms with van der Waals surface area (Å²) in [5.74, 6) is 0.976. The zero-order valence-electron chi connectivity index (χ0n) is 21.1. The van der Waals surface area contributed by atoms with Gasteiger partial charge in [0.1, 0.15) is 6.10 Å². The molecule has 3 aromatic heterocycles. The topological polar surface area (TPSA) is 128 Å². The molecule has 3 aromatic rings. The Morgan fingerprint density at radius 2 is 2.19 bits per heavy atom. The van der Waals surface area contributed by atoms with Gasteiger partial charge in [-0.25, -0.2) is 4.79 Å². The molecular formula is C25H35N7O4. The molecule has 5 rings (SSSR count). The number of amides is 1. The van der Waals surface area contributed by atoms with E-state index in [1.165, 1.54) is 0 Å². The average molecular weight is 498 g/mol. The van der Waals surface area contributed by atoms with E-state index < -0.39 is 0 Å². The minimum Gasteiger partial charge on any atom is -0.446 e. The first-order valence-electron chi connectivity index (χ1n) is 12.8. The van der Waals surface area contributed by atoms with Crippen LogP contribution in [0.1, 0.15) is 63.3 Å². The largest absolute Gasteiger partial charge is 0.446 e. The number of hydrogen-bond donors (Lipinski definition) is 3. The second-order valence-corrected chi connectivity index (χ2v) is 9.77. The summed E-state index contributed by atoms with van der Waals surface area (Å²) in [5.41, 5.74) is 3.65. The van der Waals surface area contributed by atoms with E-state index in [1.807, 2.05) is 37.8 Å². The van der Waals surface area contributed by atoms with Gasteiger partial charge in [0, 0.05) is 49.0 Å². The highest BCUT2D eigenvalue weighted by Gasteiger charge is 2.30. The molecule has 0 bridgehead atoms. The lowest BCUT2D eigenvalue weighted by molar-refractivity contribution is 0.0304. The third-order valence-corrected chi connectivity index (χ3v) is 7.10. The van der Waals surface area contributed by atoms with Crippen molar-refractivity contribution in [2.45, 2.75) is 76.7 Å². The number of pyridine rings is 1.